The van der Waals surface area contributed by atoms with Gasteiger partial charge in [-0.2, -0.15) is 0 Å². The van der Waals surface area contributed by atoms with Crippen molar-refractivity contribution in [3.05, 3.63) is 24.2 Å². The van der Waals surface area contributed by atoms with Gasteiger partial charge in [-0.3, -0.25) is 9.47 Å². The van der Waals surface area contributed by atoms with E-state index in [1.165, 1.54) is 38.1 Å². The van der Waals surface area contributed by atoms with Crippen LogP contribution in [0.2, 0.25) is 0 Å². The normalized spacial score (nSPS) is 23.8. The highest BCUT2D eigenvalue weighted by atomic mass is 15.3. The van der Waals surface area contributed by atoms with E-state index in [1.807, 2.05) is 12.3 Å². The number of piperidine rings is 1. The maximum atomic E-state index is 4.97. The second kappa shape index (κ2) is 6.57. The van der Waals surface area contributed by atoms with Gasteiger partial charge in [0.1, 0.15) is 11.3 Å². The van der Waals surface area contributed by atoms with Gasteiger partial charge in [-0.25, -0.2) is 9.97 Å². The first-order valence-corrected chi connectivity index (χ1v) is 9.13. The number of likely N-dealkylation sites (tertiary alicyclic amines) is 1. The SMILES string of the molecule is CCN1CCCC1n1c(CC2CCNCC2)nc2cccnc21. The van der Waals surface area contributed by atoms with E-state index < -0.39 is 0 Å². The Morgan fingerprint density at radius 1 is 1.26 bits per heavy atom. The minimum atomic E-state index is 0.441. The number of aromatic nitrogens is 3. The Balaban J connectivity index is 1.72. The molecule has 5 heteroatoms. The molecular formula is C18H27N5. The Bertz CT molecular complexity index is 658. The molecule has 2 fully saturated rings. The van der Waals surface area contributed by atoms with Crippen molar-refractivity contribution < 1.29 is 0 Å². The molecule has 2 aliphatic heterocycles. The third kappa shape index (κ3) is 2.88. The molecule has 0 saturated carbocycles. The highest BCUT2D eigenvalue weighted by Crippen LogP contribution is 2.32. The van der Waals surface area contributed by atoms with Crippen LogP contribution in [0.25, 0.3) is 11.2 Å². The first kappa shape index (κ1) is 15.1. The summed E-state index contributed by atoms with van der Waals surface area (Å²) in [6, 6.07) is 4.11. The minimum Gasteiger partial charge on any atom is -0.317 e. The average molecular weight is 313 g/mol. The fourth-order valence-electron chi connectivity index (χ4n) is 4.25. The highest BCUT2D eigenvalue weighted by molar-refractivity contribution is 5.71. The summed E-state index contributed by atoms with van der Waals surface area (Å²) < 4.78 is 2.45. The van der Waals surface area contributed by atoms with Gasteiger partial charge in [-0.15, -0.1) is 0 Å². The summed E-state index contributed by atoms with van der Waals surface area (Å²) in [7, 11) is 0. The monoisotopic (exact) mass is 313 g/mol. The first-order valence-electron chi connectivity index (χ1n) is 9.13. The van der Waals surface area contributed by atoms with Crippen molar-refractivity contribution in [3.8, 4) is 0 Å². The van der Waals surface area contributed by atoms with E-state index in [-0.39, 0.29) is 0 Å². The number of imidazole rings is 1. The third-order valence-electron chi connectivity index (χ3n) is 5.49. The molecular weight excluding hydrogens is 286 g/mol. The van der Waals surface area contributed by atoms with Gasteiger partial charge in [0.25, 0.3) is 0 Å². The van der Waals surface area contributed by atoms with Crippen molar-refractivity contribution in [1.82, 2.24) is 24.8 Å². The Kier molecular flexibility index (Phi) is 4.31. The molecule has 4 rings (SSSR count). The smallest absolute Gasteiger partial charge is 0.161 e. The zero-order valence-corrected chi connectivity index (χ0v) is 14.0. The molecule has 0 amide bonds. The molecule has 124 valence electrons. The second-order valence-corrected chi connectivity index (χ2v) is 6.89. The Labute approximate surface area is 138 Å². The summed E-state index contributed by atoms with van der Waals surface area (Å²) in [6.07, 6.45) is 8.45. The molecule has 1 N–H and O–H groups in total. The number of hydrogen-bond acceptors (Lipinski definition) is 4. The lowest BCUT2D eigenvalue weighted by Gasteiger charge is -2.28. The van der Waals surface area contributed by atoms with Gasteiger partial charge in [0.15, 0.2) is 5.65 Å². The summed E-state index contributed by atoms with van der Waals surface area (Å²) >= 11 is 0. The van der Waals surface area contributed by atoms with Crippen LogP contribution in [0.1, 0.15) is 44.6 Å². The van der Waals surface area contributed by atoms with Crippen molar-refractivity contribution in [1.29, 1.82) is 0 Å². The number of nitrogens with one attached hydrogen (secondary N) is 1. The van der Waals surface area contributed by atoms with Crippen molar-refractivity contribution in [3.63, 3.8) is 0 Å². The summed E-state index contributed by atoms with van der Waals surface area (Å²) in [5, 5.41) is 3.47. The topological polar surface area (TPSA) is 46.0 Å². The van der Waals surface area contributed by atoms with E-state index in [0.29, 0.717) is 6.17 Å². The van der Waals surface area contributed by atoms with Gasteiger partial charge in [-0.1, -0.05) is 6.92 Å². The quantitative estimate of drug-likeness (QED) is 0.942. The van der Waals surface area contributed by atoms with E-state index in [2.05, 4.69) is 32.8 Å². The minimum absolute atomic E-state index is 0.441. The molecule has 2 aromatic heterocycles. The largest absolute Gasteiger partial charge is 0.317 e. The van der Waals surface area contributed by atoms with Gasteiger partial charge >= 0.3 is 0 Å². The number of hydrogen-bond donors (Lipinski definition) is 1. The maximum Gasteiger partial charge on any atom is 0.161 e. The van der Waals surface area contributed by atoms with Crippen molar-refractivity contribution in [2.24, 2.45) is 5.92 Å². The molecule has 0 spiro atoms. The van der Waals surface area contributed by atoms with Crippen LogP contribution >= 0.6 is 0 Å². The summed E-state index contributed by atoms with van der Waals surface area (Å²) in [5.41, 5.74) is 2.13. The fourth-order valence-corrected chi connectivity index (χ4v) is 4.25. The van der Waals surface area contributed by atoms with Crippen LogP contribution in [-0.2, 0) is 6.42 Å². The molecule has 4 heterocycles. The second-order valence-electron chi connectivity index (χ2n) is 6.89. The molecule has 5 nitrogen and oxygen atoms in total. The van der Waals surface area contributed by atoms with Crippen LogP contribution in [-0.4, -0.2) is 45.6 Å². The lowest BCUT2D eigenvalue weighted by molar-refractivity contribution is 0.201. The molecule has 0 radical (unpaired) electrons. The van der Waals surface area contributed by atoms with E-state index in [0.717, 1.165) is 43.1 Å². The molecule has 2 aliphatic rings. The van der Waals surface area contributed by atoms with Crippen LogP contribution in [0, 0.1) is 5.92 Å². The lowest BCUT2D eigenvalue weighted by atomic mass is 9.94. The molecule has 2 saturated heterocycles. The van der Waals surface area contributed by atoms with E-state index >= 15 is 0 Å². The molecule has 0 aliphatic carbocycles. The van der Waals surface area contributed by atoms with Crippen LogP contribution in [0.5, 0.6) is 0 Å². The van der Waals surface area contributed by atoms with E-state index in [9.17, 15) is 0 Å². The fraction of sp³-hybridized carbons (Fsp3) is 0.667. The van der Waals surface area contributed by atoms with E-state index in [1.54, 1.807) is 0 Å². The van der Waals surface area contributed by atoms with Crippen molar-refractivity contribution in [2.75, 3.05) is 26.2 Å². The maximum absolute atomic E-state index is 4.97. The Hall–Kier alpha value is -1.46. The Morgan fingerprint density at radius 2 is 2.13 bits per heavy atom. The van der Waals surface area contributed by atoms with Crippen molar-refractivity contribution >= 4 is 11.2 Å². The molecule has 23 heavy (non-hydrogen) atoms. The number of rotatable bonds is 4. The van der Waals surface area contributed by atoms with Crippen molar-refractivity contribution in [2.45, 2.75) is 45.2 Å². The highest BCUT2D eigenvalue weighted by Gasteiger charge is 2.29. The van der Waals surface area contributed by atoms with Crippen LogP contribution < -0.4 is 5.32 Å². The first-order chi connectivity index (χ1) is 11.4. The number of pyridine rings is 1. The van der Waals surface area contributed by atoms with Gasteiger partial charge < -0.3 is 5.32 Å². The summed E-state index contributed by atoms with van der Waals surface area (Å²) in [4.78, 5) is 12.2. The average Bonchev–Trinajstić information content (AvgIpc) is 3.18. The zero-order valence-electron chi connectivity index (χ0n) is 14.0. The van der Waals surface area contributed by atoms with Gasteiger partial charge in [0, 0.05) is 19.2 Å². The van der Waals surface area contributed by atoms with Crippen LogP contribution in [0.15, 0.2) is 18.3 Å². The van der Waals surface area contributed by atoms with Crippen LogP contribution in [0.4, 0.5) is 0 Å². The van der Waals surface area contributed by atoms with Crippen LogP contribution in [0.3, 0.4) is 0 Å². The van der Waals surface area contributed by atoms with Gasteiger partial charge in [-0.05, 0) is 63.4 Å². The molecule has 1 atom stereocenters. The molecule has 0 bridgehead atoms. The lowest BCUT2D eigenvalue weighted by Crippen LogP contribution is -2.31. The number of nitrogens with zero attached hydrogens (tertiary/aromatic N) is 4. The van der Waals surface area contributed by atoms with E-state index in [4.69, 9.17) is 4.98 Å². The molecule has 2 aromatic rings. The number of fused-ring (bicyclic) bond motifs is 1. The molecule has 1 unspecified atom stereocenters. The van der Waals surface area contributed by atoms with Gasteiger partial charge in [0.2, 0.25) is 0 Å². The summed E-state index contributed by atoms with van der Waals surface area (Å²) in [5.74, 6) is 2.00. The predicted molar refractivity (Wildman–Crippen MR) is 92.3 cm³/mol. The molecule has 0 aromatic carbocycles. The Morgan fingerprint density at radius 3 is 2.96 bits per heavy atom. The zero-order chi connectivity index (χ0) is 15.6. The van der Waals surface area contributed by atoms with Gasteiger partial charge in [0.05, 0.1) is 6.17 Å². The predicted octanol–water partition coefficient (Wildman–Crippen LogP) is 2.59. The standard InChI is InChI=1S/C18H27N5/c1-2-22-12-4-6-17(22)23-16(13-14-7-10-19-11-8-14)21-15-5-3-9-20-18(15)23/h3,5,9,14,17,19H,2,4,6-8,10-13H2,1H3. The summed E-state index contributed by atoms with van der Waals surface area (Å²) in [6.45, 7) is 6.85. The third-order valence-corrected chi connectivity index (χ3v) is 5.49.